The molecule has 1 heterocycles. The predicted octanol–water partition coefficient (Wildman–Crippen LogP) is 4.58. The number of aryl methyl sites for hydroxylation is 1. The molecule has 0 saturated carbocycles. The van der Waals surface area contributed by atoms with Gasteiger partial charge in [0.05, 0.1) is 24.0 Å². The number of aromatic amines is 1. The average molecular weight is 426 g/mol. The second kappa shape index (κ2) is 8.84. The number of rotatable bonds is 5. The van der Waals surface area contributed by atoms with Crippen LogP contribution < -0.4 is 10.6 Å². The van der Waals surface area contributed by atoms with E-state index in [0.29, 0.717) is 38.8 Å². The maximum absolute atomic E-state index is 12.8. The van der Waals surface area contributed by atoms with Crippen LogP contribution in [0.2, 0.25) is 5.02 Å². The zero-order chi connectivity index (χ0) is 21.8. The third-order valence-electron chi connectivity index (χ3n) is 4.58. The fourth-order valence-electron chi connectivity index (χ4n) is 3.07. The number of halogens is 1. The predicted molar refractivity (Wildman–Crippen MR) is 115 cm³/mol. The number of nitrogens with one attached hydrogen (secondary N) is 3. The van der Waals surface area contributed by atoms with Gasteiger partial charge in [0.2, 0.25) is 0 Å². The minimum Gasteiger partial charge on any atom is -0.465 e. The van der Waals surface area contributed by atoms with E-state index in [1.165, 1.54) is 7.11 Å². The molecule has 1 aromatic heterocycles. The molecule has 0 unspecified atom stereocenters. The molecular formula is C22H20ClN3O4. The van der Waals surface area contributed by atoms with Gasteiger partial charge in [0.15, 0.2) is 0 Å². The van der Waals surface area contributed by atoms with Gasteiger partial charge in [-0.05, 0) is 55.8 Å². The van der Waals surface area contributed by atoms with Crippen LogP contribution >= 0.6 is 11.6 Å². The van der Waals surface area contributed by atoms with Crippen LogP contribution in [0.1, 0.15) is 42.5 Å². The quantitative estimate of drug-likeness (QED) is 0.521. The number of para-hydroxylation sites is 2. The summed E-state index contributed by atoms with van der Waals surface area (Å²) in [6.45, 7) is 3.36. The number of amides is 2. The Kier molecular flexibility index (Phi) is 6.23. The minimum atomic E-state index is -0.518. The number of H-pyrrole nitrogens is 1. The molecule has 3 rings (SSSR count). The summed E-state index contributed by atoms with van der Waals surface area (Å²) in [5.41, 5.74) is 2.86. The zero-order valence-electron chi connectivity index (χ0n) is 16.6. The summed E-state index contributed by atoms with van der Waals surface area (Å²) >= 11 is 5.86. The van der Waals surface area contributed by atoms with Crippen molar-refractivity contribution < 1.29 is 19.1 Å². The van der Waals surface area contributed by atoms with Crippen molar-refractivity contribution in [3.63, 3.8) is 0 Å². The number of aromatic nitrogens is 1. The number of ether oxygens (including phenoxy) is 1. The first-order chi connectivity index (χ1) is 14.3. The first kappa shape index (κ1) is 21.1. The molecule has 0 saturated heterocycles. The van der Waals surface area contributed by atoms with E-state index in [4.69, 9.17) is 16.3 Å². The van der Waals surface area contributed by atoms with Gasteiger partial charge < -0.3 is 20.4 Å². The summed E-state index contributed by atoms with van der Waals surface area (Å²) in [7, 11) is 1.29. The summed E-state index contributed by atoms with van der Waals surface area (Å²) < 4.78 is 4.78. The highest BCUT2D eigenvalue weighted by Gasteiger charge is 2.23. The molecule has 30 heavy (non-hydrogen) atoms. The maximum Gasteiger partial charge on any atom is 0.339 e. The summed E-state index contributed by atoms with van der Waals surface area (Å²) in [6, 6.07) is 13.3. The monoisotopic (exact) mass is 425 g/mol. The first-order valence-corrected chi connectivity index (χ1v) is 9.44. The van der Waals surface area contributed by atoms with Crippen LogP contribution in [0.15, 0.2) is 48.5 Å². The molecule has 0 fully saturated rings. The number of benzene rings is 2. The minimum absolute atomic E-state index is 0.242. The summed E-state index contributed by atoms with van der Waals surface area (Å²) in [6.07, 6.45) is 0. The van der Waals surface area contributed by atoms with Crippen LogP contribution in [0.5, 0.6) is 0 Å². The summed E-state index contributed by atoms with van der Waals surface area (Å²) in [5, 5.41) is 6.08. The van der Waals surface area contributed by atoms with Crippen LogP contribution in [0.4, 0.5) is 11.4 Å². The van der Waals surface area contributed by atoms with E-state index >= 15 is 0 Å². The summed E-state index contributed by atoms with van der Waals surface area (Å²) in [5.74, 6) is -1.30. The molecule has 7 nitrogen and oxygen atoms in total. The lowest BCUT2D eigenvalue weighted by molar-refractivity contribution is 0.0599. The van der Waals surface area contributed by atoms with Gasteiger partial charge in [-0.2, -0.15) is 0 Å². The van der Waals surface area contributed by atoms with E-state index in [0.717, 1.165) is 0 Å². The number of carbonyl (C=O) groups excluding carboxylic acids is 3. The maximum atomic E-state index is 12.8. The Hall–Kier alpha value is -3.58. The standard InChI is InChI=1S/C22H20ClN3O4/c1-12-18(22(29)30-3)13(2)24-19(12)21(28)26-17-7-5-4-6-16(17)25-20(27)14-8-10-15(23)11-9-14/h4-11,24H,1-3H3,(H,25,27)(H,26,28). The molecule has 2 amide bonds. The molecule has 0 aliphatic heterocycles. The van der Waals surface area contributed by atoms with Crippen molar-refractivity contribution in [3.05, 3.63) is 81.6 Å². The van der Waals surface area contributed by atoms with E-state index < -0.39 is 11.9 Å². The highest BCUT2D eigenvalue weighted by molar-refractivity contribution is 6.30. The van der Waals surface area contributed by atoms with Crippen LogP contribution in [-0.4, -0.2) is 29.9 Å². The molecule has 0 bridgehead atoms. The smallest absolute Gasteiger partial charge is 0.339 e. The second-order valence-electron chi connectivity index (χ2n) is 6.58. The number of methoxy groups -OCH3 is 1. The van der Waals surface area contributed by atoms with E-state index in [1.807, 2.05) is 0 Å². The van der Waals surface area contributed by atoms with Crippen molar-refractivity contribution in [1.82, 2.24) is 4.98 Å². The Balaban J connectivity index is 1.83. The average Bonchev–Trinajstić information content (AvgIpc) is 3.03. The van der Waals surface area contributed by atoms with Gasteiger partial charge in [0, 0.05) is 16.3 Å². The number of hydrogen-bond donors (Lipinski definition) is 3. The largest absolute Gasteiger partial charge is 0.465 e. The lowest BCUT2D eigenvalue weighted by atomic mass is 10.1. The first-order valence-electron chi connectivity index (χ1n) is 9.06. The van der Waals surface area contributed by atoms with Crippen molar-refractivity contribution in [1.29, 1.82) is 0 Å². The van der Waals surface area contributed by atoms with E-state index in [-0.39, 0.29) is 11.6 Å². The lowest BCUT2D eigenvalue weighted by Crippen LogP contribution is -2.17. The lowest BCUT2D eigenvalue weighted by Gasteiger charge is -2.12. The molecule has 0 aliphatic rings. The molecule has 2 aromatic carbocycles. The van der Waals surface area contributed by atoms with Gasteiger partial charge in [0.25, 0.3) is 11.8 Å². The molecule has 154 valence electrons. The van der Waals surface area contributed by atoms with Crippen molar-refractivity contribution >= 4 is 40.8 Å². The SMILES string of the molecule is COC(=O)c1c(C)[nH]c(C(=O)Nc2ccccc2NC(=O)c2ccc(Cl)cc2)c1C. The Morgan fingerprint density at radius 1 is 0.900 bits per heavy atom. The van der Waals surface area contributed by atoms with Crippen LogP contribution in [-0.2, 0) is 4.74 Å². The molecule has 0 radical (unpaired) electrons. The molecule has 0 atom stereocenters. The van der Waals surface area contributed by atoms with Crippen LogP contribution in [0.3, 0.4) is 0 Å². The third kappa shape index (κ3) is 4.36. The number of anilines is 2. The fourth-order valence-corrected chi connectivity index (χ4v) is 3.19. The van der Waals surface area contributed by atoms with Gasteiger partial charge in [-0.15, -0.1) is 0 Å². The van der Waals surface area contributed by atoms with E-state index in [9.17, 15) is 14.4 Å². The number of carbonyl (C=O) groups is 3. The van der Waals surface area contributed by atoms with Crippen LogP contribution in [0.25, 0.3) is 0 Å². The molecule has 8 heteroatoms. The molecule has 0 spiro atoms. The van der Waals surface area contributed by atoms with E-state index in [1.54, 1.807) is 62.4 Å². The van der Waals surface area contributed by atoms with Crippen molar-refractivity contribution in [2.24, 2.45) is 0 Å². The number of hydrogen-bond acceptors (Lipinski definition) is 4. The molecule has 3 N–H and O–H groups in total. The summed E-state index contributed by atoms with van der Waals surface area (Å²) in [4.78, 5) is 40.2. The Labute approximate surface area is 178 Å². The Bertz CT molecular complexity index is 1120. The second-order valence-corrected chi connectivity index (χ2v) is 7.01. The van der Waals surface area contributed by atoms with Gasteiger partial charge in [-0.25, -0.2) is 4.79 Å². The van der Waals surface area contributed by atoms with Crippen LogP contribution in [0, 0.1) is 13.8 Å². The van der Waals surface area contributed by atoms with Crippen molar-refractivity contribution in [2.45, 2.75) is 13.8 Å². The molecule has 3 aromatic rings. The Morgan fingerprint density at radius 2 is 1.47 bits per heavy atom. The zero-order valence-corrected chi connectivity index (χ0v) is 17.4. The number of esters is 1. The van der Waals surface area contributed by atoms with E-state index in [2.05, 4.69) is 15.6 Å². The van der Waals surface area contributed by atoms with Gasteiger partial charge in [-0.3, -0.25) is 9.59 Å². The highest BCUT2D eigenvalue weighted by atomic mass is 35.5. The fraction of sp³-hybridized carbons (Fsp3) is 0.136. The normalized spacial score (nSPS) is 10.4. The van der Waals surface area contributed by atoms with Crippen molar-refractivity contribution in [2.75, 3.05) is 17.7 Å². The highest BCUT2D eigenvalue weighted by Crippen LogP contribution is 2.25. The van der Waals surface area contributed by atoms with Gasteiger partial charge in [0.1, 0.15) is 5.69 Å². The van der Waals surface area contributed by atoms with Crippen molar-refractivity contribution in [3.8, 4) is 0 Å². The van der Waals surface area contributed by atoms with Gasteiger partial charge in [-0.1, -0.05) is 23.7 Å². The Morgan fingerprint density at radius 3 is 2.03 bits per heavy atom. The molecular weight excluding hydrogens is 406 g/mol. The topological polar surface area (TPSA) is 100 Å². The molecule has 0 aliphatic carbocycles. The third-order valence-corrected chi connectivity index (χ3v) is 4.84. The van der Waals surface area contributed by atoms with Gasteiger partial charge >= 0.3 is 5.97 Å².